The van der Waals surface area contributed by atoms with Crippen molar-refractivity contribution in [1.82, 2.24) is 14.9 Å². The second kappa shape index (κ2) is 4.67. The lowest BCUT2D eigenvalue weighted by Gasteiger charge is -2.14. The number of nitrogens with zero attached hydrogens (tertiary/aromatic N) is 3. The van der Waals surface area contributed by atoms with Gasteiger partial charge in [-0.25, -0.2) is 9.97 Å². The average molecular weight is 260 g/mol. The predicted octanol–water partition coefficient (Wildman–Crippen LogP) is 2.95. The zero-order chi connectivity index (χ0) is 12.5. The van der Waals surface area contributed by atoms with Crippen LogP contribution >= 0.6 is 11.6 Å². The third-order valence-corrected chi connectivity index (χ3v) is 3.45. The number of fused-ring (bicyclic) bond motifs is 1. The molecule has 2 heterocycles. The lowest BCUT2D eigenvalue weighted by molar-refractivity contribution is 0.273. The Hall–Kier alpha value is -1.45. The highest BCUT2D eigenvalue weighted by Crippen LogP contribution is 2.25. The lowest BCUT2D eigenvalue weighted by Crippen LogP contribution is -2.15. The second-order valence-corrected chi connectivity index (χ2v) is 4.97. The molecule has 3 rings (SSSR count). The molecule has 0 saturated carbocycles. The van der Waals surface area contributed by atoms with Gasteiger partial charge in [-0.2, -0.15) is 0 Å². The van der Waals surface area contributed by atoms with E-state index in [1.807, 2.05) is 13.0 Å². The Bertz CT molecular complexity index is 569. The molecule has 4 heteroatoms. The van der Waals surface area contributed by atoms with E-state index in [4.69, 9.17) is 11.6 Å². The molecule has 0 radical (unpaired) electrons. The van der Waals surface area contributed by atoms with Crippen molar-refractivity contribution in [3.05, 3.63) is 58.1 Å². The number of aryl methyl sites for hydroxylation is 1. The van der Waals surface area contributed by atoms with E-state index in [1.54, 1.807) is 0 Å². The van der Waals surface area contributed by atoms with Gasteiger partial charge in [0.05, 0.1) is 5.69 Å². The van der Waals surface area contributed by atoms with E-state index >= 15 is 0 Å². The van der Waals surface area contributed by atoms with Gasteiger partial charge in [-0.1, -0.05) is 30.3 Å². The molecule has 2 aromatic rings. The van der Waals surface area contributed by atoms with E-state index in [0.717, 1.165) is 31.0 Å². The molecular weight excluding hydrogens is 246 g/mol. The number of benzene rings is 1. The number of hydrogen-bond acceptors (Lipinski definition) is 3. The molecule has 0 aliphatic carbocycles. The topological polar surface area (TPSA) is 29.0 Å². The minimum absolute atomic E-state index is 0.354. The van der Waals surface area contributed by atoms with Gasteiger partial charge in [0, 0.05) is 30.9 Å². The first-order chi connectivity index (χ1) is 8.72. The third-order valence-electron chi connectivity index (χ3n) is 3.28. The molecule has 1 aromatic carbocycles. The Balaban J connectivity index is 1.79. The predicted molar refractivity (Wildman–Crippen MR) is 71.2 cm³/mol. The lowest BCUT2D eigenvalue weighted by atomic mass is 10.2. The quantitative estimate of drug-likeness (QED) is 0.777. The van der Waals surface area contributed by atoms with Crippen LogP contribution in [0.2, 0.25) is 5.28 Å². The van der Waals surface area contributed by atoms with Crippen LogP contribution in [0.3, 0.4) is 0 Å². The summed E-state index contributed by atoms with van der Waals surface area (Å²) in [5.74, 6) is 0. The smallest absolute Gasteiger partial charge is 0.222 e. The Morgan fingerprint density at radius 2 is 1.94 bits per heavy atom. The molecule has 1 aliphatic rings. The Labute approximate surface area is 111 Å². The highest BCUT2D eigenvalue weighted by atomic mass is 35.5. The van der Waals surface area contributed by atoms with Crippen LogP contribution < -0.4 is 0 Å². The van der Waals surface area contributed by atoms with Crippen LogP contribution in [0.1, 0.15) is 22.5 Å². The zero-order valence-corrected chi connectivity index (χ0v) is 11.0. The number of aromatic nitrogens is 2. The number of hydrogen-bond donors (Lipinski definition) is 0. The van der Waals surface area contributed by atoms with E-state index in [-0.39, 0.29) is 0 Å². The Morgan fingerprint density at radius 3 is 2.72 bits per heavy atom. The minimum atomic E-state index is 0.354. The molecular formula is C14H14ClN3. The molecule has 0 fully saturated rings. The van der Waals surface area contributed by atoms with Gasteiger partial charge in [-0.3, -0.25) is 4.90 Å². The first-order valence-corrected chi connectivity index (χ1v) is 6.38. The normalized spacial score (nSPS) is 14.8. The molecule has 0 unspecified atom stereocenters. The van der Waals surface area contributed by atoms with Crippen LogP contribution in [0, 0.1) is 6.92 Å². The van der Waals surface area contributed by atoms with Gasteiger partial charge in [-0.05, 0) is 24.1 Å². The second-order valence-electron chi connectivity index (χ2n) is 4.63. The fourth-order valence-electron chi connectivity index (χ4n) is 2.40. The SMILES string of the molecule is Cc1nc(Cl)nc2c1CN(Cc1ccccc1)C2. The van der Waals surface area contributed by atoms with Crippen molar-refractivity contribution in [3.8, 4) is 0 Å². The summed E-state index contributed by atoms with van der Waals surface area (Å²) >= 11 is 5.90. The maximum atomic E-state index is 5.90. The summed E-state index contributed by atoms with van der Waals surface area (Å²) in [6.07, 6.45) is 0. The van der Waals surface area contributed by atoms with Gasteiger partial charge in [0.2, 0.25) is 5.28 Å². The first-order valence-electron chi connectivity index (χ1n) is 6.00. The van der Waals surface area contributed by atoms with Crippen LogP contribution in [0.5, 0.6) is 0 Å². The number of halogens is 1. The van der Waals surface area contributed by atoms with Crippen molar-refractivity contribution >= 4 is 11.6 Å². The van der Waals surface area contributed by atoms with Crippen LogP contribution in [-0.4, -0.2) is 14.9 Å². The summed E-state index contributed by atoms with van der Waals surface area (Å²) in [7, 11) is 0. The summed E-state index contributed by atoms with van der Waals surface area (Å²) in [5, 5.41) is 0.354. The van der Waals surface area contributed by atoms with Crippen molar-refractivity contribution in [2.45, 2.75) is 26.6 Å². The van der Waals surface area contributed by atoms with Crippen LogP contribution in [-0.2, 0) is 19.6 Å². The molecule has 0 atom stereocenters. The third kappa shape index (κ3) is 2.24. The summed E-state index contributed by atoms with van der Waals surface area (Å²) < 4.78 is 0. The molecule has 3 nitrogen and oxygen atoms in total. The van der Waals surface area contributed by atoms with E-state index in [2.05, 4.69) is 39.1 Å². The molecule has 92 valence electrons. The highest BCUT2D eigenvalue weighted by Gasteiger charge is 2.23. The largest absolute Gasteiger partial charge is 0.289 e. The molecule has 0 bridgehead atoms. The molecule has 0 N–H and O–H groups in total. The Morgan fingerprint density at radius 1 is 1.17 bits per heavy atom. The van der Waals surface area contributed by atoms with E-state index in [9.17, 15) is 0 Å². The van der Waals surface area contributed by atoms with Crippen molar-refractivity contribution in [3.63, 3.8) is 0 Å². The van der Waals surface area contributed by atoms with Crippen molar-refractivity contribution < 1.29 is 0 Å². The minimum Gasteiger partial charge on any atom is -0.289 e. The molecule has 0 spiro atoms. The summed E-state index contributed by atoms with van der Waals surface area (Å²) in [6.45, 7) is 4.70. The van der Waals surface area contributed by atoms with E-state index < -0.39 is 0 Å². The zero-order valence-electron chi connectivity index (χ0n) is 10.2. The van der Waals surface area contributed by atoms with E-state index in [1.165, 1.54) is 11.1 Å². The fourth-order valence-corrected chi connectivity index (χ4v) is 2.63. The molecule has 0 saturated heterocycles. The highest BCUT2D eigenvalue weighted by molar-refractivity contribution is 6.28. The van der Waals surface area contributed by atoms with Gasteiger partial charge in [0.25, 0.3) is 0 Å². The van der Waals surface area contributed by atoms with Crippen molar-refractivity contribution in [2.24, 2.45) is 0 Å². The van der Waals surface area contributed by atoms with Gasteiger partial charge < -0.3 is 0 Å². The van der Waals surface area contributed by atoms with Crippen LogP contribution in [0.4, 0.5) is 0 Å². The standard InChI is InChI=1S/C14H14ClN3/c1-10-12-8-18(7-11-5-3-2-4-6-11)9-13(12)17-14(15)16-10/h2-6H,7-9H2,1H3. The monoisotopic (exact) mass is 259 g/mol. The summed E-state index contributed by atoms with van der Waals surface area (Å²) in [4.78, 5) is 10.9. The maximum Gasteiger partial charge on any atom is 0.222 e. The molecule has 0 amide bonds. The van der Waals surface area contributed by atoms with Crippen LogP contribution in [0.25, 0.3) is 0 Å². The van der Waals surface area contributed by atoms with E-state index in [0.29, 0.717) is 5.28 Å². The fraction of sp³-hybridized carbons (Fsp3) is 0.286. The maximum absolute atomic E-state index is 5.90. The molecule has 18 heavy (non-hydrogen) atoms. The summed E-state index contributed by atoms with van der Waals surface area (Å²) in [6, 6.07) is 10.5. The molecule has 1 aromatic heterocycles. The first kappa shape index (κ1) is 11.6. The molecule has 1 aliphatic heterocycles. The van der Waals surface area contributed by atoms with Gasteiger partial charge >= 0.3 is 0 Å². The summed E-state index contributed by atoms with van der Waals surface area (Å²) in [5.41, 5.74) is 4.63. The van der Waals surface area contributed by atoms with Gasteiger partial charge in [0.15, 0.2) is 0 Å². The van der Waals surface area contributed by atoms with Gasteiger partial charge in [0.1, 0.15) is 0 Å². The van der Waals surface area contributed by atoms with Crippen LogP contribution in [0.15, 0.2) is 30.3 Å². The number of rotatable bonds is 2. The Kier molecular flexibility index (Phi) is 3.02. The van der Waals surface area contributed by atoms with Crippen molar-refractivity contribution in [1.29, 1.82) is 0 Å². The average Bonchev–Trinajstić information content (AvgIpc) is 2.73. The van der Waals surface area contributed by atoms with Crippen molar-refractivity contribution in [2.75, 3.05) is 0 Å². The van der Waals surface area contributed by atoms with Gasteiger partial charge in [-0.15, -0.1) is 0 Å².